The van der Waals surface area contributed by atoms with Crippen molar-refractivity contribution in [3.05, 3.63) is 47.4 Å². The van der Waals surface area contributed by atoms with Gasteiger partial charge in [-0.3, -0.25) is 0 Å². The molecule has 0 fully saturated rings. The molecular weight excluding hydrogens is 536 g/mol. The minimum absolute atomic E-state index is 0.106. The molecule has 0 radical (unpaired) electrons. The van der Waals surface area contributed by atoms with Crippen molar-refractivity contribution >= 4 is 40.8 Å². The Labute approximate surface area is 247 Å². The van der Waals surface area contributed by atoms with E-state index in [1.54, 1.807) is 11.8 Å². The van der Waals surface area contributed by atoms with Gasteiger partial charge in [-0.15, -0.1) is 11.8 Å². The Morgan fingerprint density at radius 3 is 2.22 bits per heavy atom. The molecule has 0 saturated carbocycles. The molecule has 2 N–H and O–H groups in total. The monoisotopic (exact) mass is 580 g/mol. The van der Waals surface area contributed by atoms with E-state index in [1.165, 1.54) is 4.90 Å². The van der Waals surface area contributed by atoms with Crippen LogP contribution in [0, 0.1) is 10.8 Å². The summed E-state index contributed by atoms with van der Waals surface area (Å²) in [6.07, 6.45) is 2.11. The summed E-state index contributed by atoms with van der Waals surface area (Å²) in [5.74, 6) is 1.54. The smallest absolute Gasteiger partial charge is 0.422 e. The fraction of sp³-hybridized carbons (Fsp3) is 0.562. The van der Waals surface area contributed by atoms with Crippen LogP contribution in [0.2, 0.25) is 0 Å². The molecule has 1 aliphatic carbocycles. The molecule has 0 aliphatic heterocycles. The Kier molecular flexibility index (Phi) is 8.79. The third-order valence-electron chi connectivity index (χ3n) is 8.67. The third-order valence-corrected chi connectivity index (χ3v) is 9.66. The van der Waals surface area contributed by atoms with Crippen LogP contribution in [-0.4, -0.2) is 42.7 Å². The Balaban J connectivity index is 2.06. The van der Waals surface area contributed by atoms with Crippen molar-refractivity contribution in [1.82, 2.24) is 14.5 Å². The van der Waals surface area contributed by atoms with Crippen molar-refractivity contribution in [2.75, 3.05) is 10.7 Å². The molecule has 0 unspecified atom stereocenters. The molecular formula is C32H44N4O4S. The summed E-state index contributed by atoms with van der Waals surface area (Å²) >= 11 is 1.76. The lowest BCUT2D eigenvalue weighted by Crippen LogP contribution is -2.53. The van der Waals surface area contributed by atoms with E-state index in [0.717, 1.165) is 66.9 Å². The van der Waals surface area contributed by atoms with Crippen molar-refractivity contribution in [3.8, 4) is 0 Å². The van der Waals surface area contributed by atoms with Crippen LogP contribution < -0.4 is 4.90 Å². The first kappa shape index (κ1) is 30.9. The van der Waals surface area contributed by atoms with Crippen LogP contribution in [0.25, 0.3) is 11.0 Å². The third kappa shape index (κ3) is 5.57. The van der Waals surface area contributed by atoms with Crippen molar-refractivity contribution in [2.45, 2.75) is 104 Å². The maximum Gasteiger partial charge on any atom is 0.422 e. The number of carboxylic acid groups (broad SMARTS) is 2. The molecule has 0 saturated heterocycles. The molecule has 1 aliphatic rings. The van der Waals surface area contributed by atoms with Gasteiger partial charge in [-0.1, -0.05) is 73.1 Å². The molecule has 0 bridgehead atoms. The molecule has 0 spiro atoms. The fourth-order valence-electron chi connectivity index (χ4n) is 7.08. The van der Waals surface area contributed by atoms with Gasteiger partial charge in [-0.05, 0) is 48.6 Å². The number of aryl methyl sites for hydroxylation is 3. The summed E-state index contributed by atoms with van der Waals surface area (Å²) in [6.45, 7) is 16.1. The van der Waals surface area contributed by atoms with E-state index in [9.17, 15) is 19.8 Å². The normalized spacial score (nSPS) is 15.1. The number of nitrogens with zero attached hydrogens (tertiary/aromatic N) is 4. The number of pyridine rings is 1. The van der Waals surface area contributed by atoms with Crippen LogP contribution in [0.15, 0.2) is 35.2 Å². The number of hydrogen-bond acceptors (Lipinski definition) is 5. The largest absolute Gasteiger partial charge is 0.464 e. The van der Waals surface area contributed by atoms with E-state index >= 15 is 0 Å². The van der Waals surface area contributed by atoms with Crippen LogP contribution in [0.1, 0.15) is 91.2 Å². The molecule has 1 aromatic carbocycles. The second kappa shape index (κ2) is 11.7. The number of benzene rings is 1. The van der Waals surface area contributed by atoms with Gasteiger partial charge in [0.15, 0.2) is 5.82 Å². The number of unbranched alkanes of at least 4 members (excludes halogenated alkanes) is 1. The topological polar surface area (TPSA) is 109 Å². The predicted molar refractivity (Wildman–Crippen MR) is 165 cm³/mol. The van der Waals surface area contributed by atoms with E-state index in [2.05, 4.69) is 65.2 Å². The number of fused-ring (bicyclic) bond motifs is 3. The lowest BCUT2D eigenvalue weighted by molar-refractivity contribution is 0.0300. The maximum atomic E-state index is 12.4. The van der Waals surface area contributed by atoms with E-state index in [0.29, 0.717) is 17.0 Å². The van der Waals surface area contributed by atoms with Gasteiger partial charge in [-0.2, -0.15) is 4.90 Å². The van der Waals surface area contributed by atoms with Crippen LogP contribution in [0.3, 0.4) is 0 Å². The van der Waals surface area contributed by atoms with E-state index in [4.69, 9.17) is 9.97 Å². The standard InChI is InChI=1S/C32H44N4O4S/c1-8-9-17-23-33-24-25(35(23)19-20-41-21-14-11-10-12-15-21)22-16-13-18-32(30(2,3)4,31(5,6)7)26(22)34-27(24)36(28(37)38)29(39)40/h10-12,14-15H,8-9,13,16-20H2,1-7H3,(H,37,38)(H,39,40). The van der Waals surface area contributed by atoms with Crippen molar-refractivity contribution in [1.29, 1.82) is 0 Å². The van der Waals surface area contributed by atoms with E-state index in [1.807, 2.05) is 18.2 Å². The Hall–Kier alpha value is -3.07. The number of amides is 2. The SMILES string of the molecule is CCCCc1nc2c(N(C(=O)O)C(=O)O)nc3c(c2n1CCSc1ccccc1)CCCC3(C(C)(C)C)C(C)(C)C. The fourth-order valence-corrected chi connectivity index (χ4v) is 7.94. The number of hydrogen-bond donors (Lipinski definition) is 2. The molecule has 0 atom stereocenters. The molecule has 2 amide bonds. The number of imide groups is 1. The summed E-state index contributed by atoms with van der Waals surface area (Å²) in [5.41, 5.74) is 2.23. The summed E-state index contributed by atoms with van der Waals surface area (Å²) < 4.78 is 2.23. The lowest BCUT2D eigenvalue weighted by atomic mass is 9.48. The Morgan fingerprint density at radius 2 is 1.66 bits per heavy atom. The molecule has 41 heavy (non-hydrogen) atoms. The van der Waals surface area contributed by atoms with Gasteiger partial charge in [0.1, 0.15) is 11.3 Å². The molecule has 4 rings (SSSR count). The van der Waals surface area contributed by atoms with Crippen LogP contribution in [0.5, 0.6) is 0 Å². The molecule has 2 heterocycles. The highest BCUT2D eigenvalue weighted by Gasteiger charge is 2.55. The first-order valence-corrected chi connectivity index (χ1v) is 15.6. The average molecular weight is 581 g/mol. The van der Waals surface area contributed by atoms with Gasteiger partial charge >= 0.3 is 12.2 Å². The van der Waals surface area contributed by atoms with Crippen molar-refractivity contribution < 1.29 is 19.8 Å². The lowest BCUT2D eigenvalue weighted by Gasteiger charge is -2.56. The molecule has 8 nitrogen and oxygen atoms in total. The number of aromatic nitrogens is 3. The van der Waals surface area contributed by atoms with Crippen LogP contribution >= 0.6 is 11.8 Å². The summed E-state index contributed by atoms with van der Waals surface area (Å²) in [4.78, 5) is 36.3. The molecule has 3 aromatic rings. The highest BCUT2D eigenvalue weighted by atomic mass is 32.2. The first-order valence-electron chi connectivity index (χ1n) is 14.6. The zero-order valence-electron chi connectivity index (χ0n) is 25.5. The predicted octanol–water partition coefficient (Wildman–Crippen LogP) is 8.39. The minimum Gasteiger partial charge on any atom is -0.464 e. The maximum absolute atomic E-state index is 12.4. The van der Waals surface area contributed by atoms with E-state index in [-0.39, 0.29) is 16.6 Å². The summed E-state index contributed by atoms with van der Waals surface area (Å²) in [7, 11) is 0. The highest BCUT2D eigenvalue weighted by molar-refractivity contribution is 7.99. The van der Waals surface area contributed by atoms with Crippen LogP contribution in [0.4, 0.5) is 15.4 Å². The molecule has 9 heteroatoms. The van der Waals surface area contributed by atoms with Crippen molar-refractivity contribution in [3.63, 3.8) is 0 Å². The van der Waals surface area contributed by atoms with Gasteiger partial charge in [-0.25, -0.2) is 19.6 Å². The van der Waals surface area contributed by atoms with Gasteiger partial charge in [0.05, 0.1) is 11.2 Å². The van der Waals surface area contributed by atoms with Gasteiger partial charge in [0, 0.05) is 34.6 Å². The molecule has 2 aromatic heterocycles. The Bertz CT molecular complexity index is 1390. The number of anilines is 1. The van der Waals surface area contributed by atoms with Crippen molar-refractivity contribution in [2.24, 2.45) is 10.8 Å². The number of imidazole rings is 1. The second-order valence-electron chi connectivity index (χ2n) is 13.1. The Morgan fingerprint density at radius 1 is 1.02 bits per heavy atom. The van der Waals surface area contributed by atoms with Crippen LogP contribution in [-0.2, 0) is 24.8 Å². The van der Waals surface area contributed by atoms with Gasteiger partial charge in [0.2, 0.25) is 0 Å². The summed E-state index contributed by atoms with van der Waals surface area (Å²) in [5, 5.41) is 20.1. The zero-order chi connectivity index (χ0) is 30.2. The van der Waals surface area contributed by atoms with Gasteiger partial charge < -0.3 is 14.8 Å². The minimum atomic E-state index is -1.58. The molecule has 222 valence electrons. The first-order chi connectivity index (χ1) is 19.2. The van der Waals surface area contributed by atoms with Gasteiger partial charge in [0.25, 0.3) is 0 Å². The number of carbonyl (C=O) groups is 2. The quantitative estimate of drug-likeness (QED) is 0.258. The second-order valence-corrected chi connectivity index (χ2v) is 14.2. The summed E-state index contributed by atoms with van der Waals surface area (Å²) in [6, 6.07) is 10.3. The zero-order valence-corrected chi connectivity index (χ0v) is 26.3. The number of rotatable bonds is 8. The number of thioether (sulfide) groups is 1. The highest BCUT2D eigenvalue weighted by Crippen LogP contribution is 2.59. The van der Waals surface area contributed by atoms with E-state index < -0.39 is 17.6 Å². The average Bonchev–Trinajstić information content (AvgIpc) is 3.24.